The Balaban J connectivity index is 1.64. The lowest BCUT2D eigenvalue weighted by atomic mass is 10.1. The topological polar surface area (TPSA) is 63.7 Å². The van der Waals surface area contributed by atoms with Crippen molar-refractivity contribution < 1.29 is 14.7 Å². The molecule has 5 heteroatoms. The Hall–Kier alpha value is -2.82. The van der Waals surface area contributed by atoms with Crippen LogP contribution in [-0.4, -0.2) is 43.0 Å². The molecule has 1 fully saturated rings. The van der Waals surface area contributed by atoms with E-state index in [1.54, 1.807) is 24.3 Å². The number of aromatic carboxylic acids is 1. The van der Waals surface area contributed by atoms with Crippen LogP contribution in [0.5, 0.6) is 0 Å². The van der Waals surface area contributed by atoms with Crippen molar-refractivity contribution in [3.05, 3.63) is 65.2 Å². The van der Waals surface area contributed by atoms with Gasteiger partial charge in [0.05, 0.1) is 5.97 Å². The molecule has 1 aliphatic heterocycles. The molecule has 124 valence electrons. The molecule has 1 saturated heterocycles. The maximum atomic E-state index is 12.6. The second kappa shape index (κ2) is 6.74. The van der Waals surface area contributed by atoms with Gasteiger partial charge in [-0.1, -0.05) is 30.3 Å². The molecule has 0 spiro atoms. The van der Waals surface area contributed by atoms with Crippen LogP contribution in [0, 0.1) is 6.92 Å². The van der Waals surface area contributed by atoms with Crippen LogP contribution >= 0.6 is 0 Å². The molecule has 0 N–H and O–H groups in total. The number of hydrogen-bond donors (Lipinski definition) is 0. The largest absolute Gasteiger partial charge is 0.545 e. The molecule has 0 aliphatic carbocycles. The van der Waals surface area contributed by atoms with Crippen LogP contribution in [0.2, 0.25) is 0 Å². The normalized spacial score (nSPS) is 14.5. The van der Waals surface area contributed by atoms with Gasteiger partial charge < -0.3 is 19.7 Å². The standard InChI is InChI=1S/C19H20N2O3/c1-14-4-2-3-5-17(14)18(22)21-12-10-20(11-13-21)16-8-6-15(7-9-16)19(23)24/h2-9H,10-13H2,1H3,(H,23,24)/p-1. The Kier molecular flexibility index (Phi) is 4.51. The van der Waals surface area contributed by atoms with Gasteiger partial charge >= 0.3 is 0 Å². The molecular weight excluding hydrogens is 304 g/mol. The third-order valence-electron chi connectivity index (χ3n) is 4.41. The van der Waals surface area contributed by atoms with Gasteiger partial charge in [0.25, 0.3) is 5.91 Å². The number of carboxylic acid groups (broad SMARTS) is 1. The first-order chi connectivity index (χ1) is 11.6. The number of carbonyl (C=O) groups excluding carboxylic acids is 2. The predicted molar refractivity (Wildman–Crippen MR) is 90.1 cm³/mol. The van der Waals surface area contributed by atoms with E-state index in [9.17, 15) is 14.7 Å². The van der Waals surface area contributed by atoms with E-state index in [-0.39, 0.29) is 11.5 Å². The molecule has 0 aromatic heterocycles. The summed E-state index contributed by atoms with van der Waals surface area (Å²) in [7, 11) is 0. The van der Waals surface area contributed by atoms with Crippen molar-refractivity contribution in [2.75, 3.05) is 31.1 Å². The zero-order chi connectivity index (χ0) is 17.1. The minimum Gasteiger partial charge on any atom is -0.545 e. The summed E-state index contributed by atoms with van der Waals surface area (Å²) in [5.74, 6) is -1.10. The molecule has 2 aromatic rings. The minimum absolute atomic E-state index is 0.0695. The van der Waals surface area contributed by atoms with Crippen LogP contribution in [0.25, 0.3) is 0 Å². The number of benzene rings is 2. The molecule has 1 heterocycles. The highest BCUT2D eigenvalue weighted by Gasteiger charge is 2.23. The summed E-state index contributed by atoms with van der Waals surface area (Å²) in [6, 6.07) is 14.3. The van der Waals surface area contributed by atoms with Crippen molar-refractivity contribution in [1.82, 2.24) is 4.90 Å². The van der Waals surface area contributed by atoms with Crippen molar-refractivity contribution in [1.29, 1.82) is 0 Å². The number of carbonyl (C=O) groups is 2. The Morgan fingerprint density at radius 3 is 2.12 bits per heavy atom. The van der Waals surface area contributed by atoms with Gasteiger partial charge in [-0.05, 0) is 36.2 Å². The monoisotopic (exact) mass is 323 g/mol. The van der Waals surface area contributed by atoms with Gasteiger partial charge in [-0.3, -0.25) is 4.79 Å². The van der Waals surface area contributed by atoms with Gasteiger partial charge in [-0.15, -0.1) is 0 Å². The highest BCUT2D eigenvalue weighted by Crippen LogP contribution is 2.19. The number of nitrogens with zero attached hydrogens (tertiary/aromatic N) is 2. The Morgan fingerprint density at radius 2 is 1.54 bits per heavy atom. The second-order valence-electron chi connectivity index (χ2n) is 5.93. The Morgan fingerprint density at radius 1 is 0.917 bits per heavy atom. The third kappa shape index (κ3) is 3.25. The zero-order valence-electron chi connectivity index (χ0n) is 13.6. The average molecular weight is 323 g/mol. The fraction of sp³-hybridized carbons (Fsp3) is 0.263. The fourth-order valence-corrected chi connectivity index (χ4v) is 2.96. The molecule has 0 atom stereocenters. The van der Waals surface area contributed by atoms with Gasteiger partial charge in [-0.2, -0.15) is 0 Å². The molecule has 5 nitrogen and oxygen atoms in total. The summed E-state index contributed by atoms with van der Waals surface area (Å²) in [4.78, 5) is 27.4. The minimum atomic E-state index is -1.17. The van der Waals surface area contributed by atoms with E-state index in [1.165, 1.54) is 0 Å². The number of carboxylic acids is 1. The lowest BCUT2D eigenvalue weighted by Crippen LogP contribution is -2.49. The molecule has 1 aliphatic rings. The van der Waals surface area contributed by atoms with E-state index in [2.05, 4.69) is 4.90 Å². The number of rotatable bonds is 3. The quantitative estimate of drug-likeness (QED) is 0.855. The Bertz CT molecular complexity index is 747. The molecule has 2 aromatic carbocycles. The summed E-state index contributed by atoms with van der Waals surface area (Å²) in [5, 5.41) is 10.8. The summed E-state index contributed by atoms with van der Waals surface area (Å²) in [6.07, 6.45) is 0. The molecule has 3 rings (SSSR count). The van der Waals surface area contributed by atoms with E-state index in [0.29, 0.717) is 13.1 Å². The van der Waals surface area contributed by atoms with Gasteiger partial charge in [0.1, 0.15) is 0 Å². The molecule has 1 amide bonds. The smallest absolute Gasteiger partial charge is 0.254 e. The van der Waals surface area contributed by atoms with Crippen LogP contribution < -0.4 is 10.0 Å². The first kappa shape index (κ1) is 16.1. The van der Waals surface area contributed by atoms with E-state index in [4.69, 9.17) is 0 Å². The zero-order valence-corrected chi connectivity index (χ0v) is 13.6. The van der Waals surface area contributed by atoms with E-state index in [0.717, 1.165) is 29.9 Å². The molecular formula is C19H19N2O3-. The Labute approximate surface area is 141 Å². The van der Waals surface area contributed by atoms with Crippen LogP contribution in [0.1, 0.15) is 26.3 Å². The van der Waals surface area contributed by atoms with E-state index in [1.807, 2.05) is 36.1 Å². The van der Waals surface area contributed by atoms with E-state index < -0.39 is 5.97 Å². The van der Waals surface area contributed by atoms with Gasteiger partial charge in [-0.25, -0.2) is 0 Å². The lowest BCUT2D eigenvalue weighted by Gasteiger charge is -2.36. The maximum absolute atomic E-state index is 12.6. The second-order valence-corrected chi connectivity index (χ2v) is 5.93. The van der Waals surface area contributed by atoms with Crippen molar-refractivity contribution in [3.63, 3.8) is 0 Å². The third-order valence-corrected chi connectivity index (χ3v) is 4.41. The fourth-order valence-electron chi connectivity index (χ4n) is 2.96. The first-order valence-electron chi connectivity index (χ1n) is 7.97. The van der Waals surface area contributed by atoms with E-state index >= 15 is 0 Å². The van der Waals surface area contributed by atoms with Crippen LogP contribution in [0.4, 0.5) is 5.69 Å². The number of hydrogen-bond acceptors (Lipinski definition) is 4. The summed E-state index contributed by atoms with van der Waals surface area (Å²) < 4.78 is 0. The molecule has 0 bridgehead atoms. The molecule has 0 unspecified atom stereocenters. The van der Waals surface area contributed by atoms with Crippen molar-refractivity contribution in [2.45, 2.75) is 6.92 Å². The number of piperazine rings is 1. The van der Waals surface area contributed by atoms with Crippen molar-refractivity contribution in [3.8, 4) is 0 Å². The number of aryl methyl sites for hydroxylation is 1. The molecule has 24 heavy (non-hydrogen) atoms. The van der Waals surface area contributed by atoms with Crippen molar-refractivity contribution >= 4 is 17.6 Å². The van der Waals surface area contributed by atoms with Crippen LogP contribution in [-0.2, 0) is 0 Å². The van der Waals surface area contributed by atoms with Crippen molar-refractivity contribution in [2.24, 2.45) is 0 Å². The average Bonchev–Trinajstić information content (AvgIpc) is 2.62. The van der Waals surface area contributed by atoms with Crippen LogP contribution in [0.15, 0.2) is 48.5 Å². The predicted octanol–water partition coefficient (Wildman–Crippen LogP) is 1.32. The highest BCUT2D eigenvalue weighted by atomic mass is 16.4. The summed E-state index contributed by atoms with van der Waals surface area (Å²) in [5.41, 5.74) is 2.88. The number of anilines is 1. The molecule has 0 radical (unpaired) electrons. The van der Waals surface area contributed by atoms with Gasteiger partial charge in [0.15, 0.2) is 0 Å². The maximum Gasteiger partial charge on any atom is 0.254 e. The van der Waals surface area contributed by atoms with Gasteiger partial charge in [0.2, 0.25) is 0 Å². The summed E-state index contributed by atoms with van der Waals surface area (Å²) >= 11 is 0. The highest BCUT2D eigenvalue weighted by molar-refractivity contribution is 5.95. The SMILES string of the molecule is Cc1ccccc1C(=O)N1CCN(c2ccc(C(=O)[O-])cc2)CC1. The molecule has 0 saturated carbocycles. The lowest BCUT2D eigenvalue weighted by molar-refractivity contribution is -0.255. The van der Waals surface area contributed by atoms with Crippen LogP contribution in [0.3, 0.4) is 0 Å². The summed E-state index contributed by atoms with van der Waals surface area (Å²) in [6.45, 7) is 4.69. The first-order valence-corrected chi connectivity index (χ1v) is 7.97. The van der Waals surface area contributed by atoms with Gasteiger partial charge in [0, 0.05) is 37.4 Å². The number of amides is 1.